The van der Waals surface area contributed by atoms with Gasteiger partial charge in [0.05, 0.1) is 12.6 Å². The Morgan fingerprint density at radius 1 is 1.45 bits per heavy atom. The first-order valence-electron chi connectivity index (χ1n) is 3.78. The normalized spacial score (nSPS) is 12.4. The van der Waals surface area contributed by atoms with Crippen molar-refractivity contribution >= 4 is 0 Å². The van der Waals surface area contributed by atoms with Crippen LogP contribution in [0.2, 0.25) is 0 Å². The van der Waals surface area contributed by atoms with Crippen LogP contribution >= 0.6 is 0 Å². The molecule has 3 heteroatoms. The summed E-state index contributed by atoms with van der Waals surface area (Å²) in [5.41, 5.74) is -0.658. The summed E-state index contributed by atoms with van der Waals surface area (Å²) in [5, 5.41) is 16.4. The van der Waals surface area contributed by atoms with Gasteiger partial charge in [0, 0.05) is 0 Å². The van der Waals surface area contributed by atoms with Crippen LogP contribution in [-0.2, 0) is 0 Å². The standard InChI is InChI=1S/C8H15N3/c1-7(2)5-10-11-8(3,4)6-9/h7H,5H2,1-4H3/b11-10+. The molecule has 0 bridgehead atoms. The number of azo groups is 1. The van der Waals surface area contributed by atoms with Crippen molar-refractivity contribution in [1.82, 2.24) is 0 Å². The summed E-state index contributed by atoms with van der Waals surface area (Å²) in [7, 11) is 0. The first kappa shape index (κ1) is 10.1. The van der Waals surface area contributed by atoms with Gasteiger partial charge < -0.3 is 0 Å². The van der Waals surface area contributed by atoms with Crippen molar-refractivity contribution in [1.29, 1.82) is 5.26 Å². The van der Waals surface area contributed by atoms with E-state index >= 15 is 0 Å². The molecule has 0 radical (unpaired) electrons. The molecular formula is C8H15N3. The second kappa shape index (κ2) is 4.07. The molecule has 0 N–H and O–H groups in total. The average Bonchev–Trinajstić information content (AvgIpc) is 1.87. The van der Waals surface area contributed by atoms with Crippen molar-refractivity contribution in [3.63, 3.8) is 0 Å². The van der Waals surface area contributed by atoms with Gasteiger partial charge in [-0.15, -0.1) is 0 Å². The van der Waals surface area contributed by atoms with E-state index in [1.54, 1.807) is 13.8 Å². The maximum Gasteiger partial charge on any atom is 0.161 e. The molecule has 0 aliphatic rings. The molecular weight excluding hydrogens is 138 g/mol. The largest absolute Gasteiger partial charge is 0.196 e. The summed E-state index contributed by atoms with van der Waals surface area (Å²) >= 11 is 0. The summed E-state index contributed by atoms with van der Waals surface area (Å²) < 4.78 is 0. The highest BCUT2D eigenvalue weighted by Crippen LogP contribution is 2.07. The van der Waals surface area contributed by atoms with Crippen LogP contribution < -0.4 is 0 Å². The Kier molecular flexibility index (Phi) is 3.73. The van der Waals surface area contributed by atoms with Gasteiger partial charge >= 0.3 is 0 Å². The molecule has 3 nitrogen and oxygen atoms in total. The molecule has 0 aromatic carbocycles. The Bertz CT molecular complexity index is 174. The highest BCUT2D eigenvalue weighted by Gasteiger charge is 2.13. The highest BCUT2D eigenvalue weighted by molar-refractivity contribution is 4.98. The first-order valence-corrected chi connectivity index (χ1v) is 3.78. The zero-order valence-electron chi connectivity index (χ0n) is 7.63. The minimum atomic E-state index is -0.658. The summed E-state index contributed by atoms with van der Waals surface area (Å²) in [6.07, 6.45) is 0. The van der Waals surface area contributed by atoms with Crippen LogP contribution in [0.5, 0.6) is 0 Å². The fraction of sp³-hybridized carbons (Fsp3) is 0.875. The smallest absolute Gasteiger partial charge is 0.161 e. The lowest BCUT2D eigenvalue weighted by Crippen LogP contribution is -2.11. The van der Waals surface area contributed by atoms with E-state index in [-0.39, 0.29) is 0 Å². The topological polar surface area (TPSA) is 48.5 Å². The van der Waals surface area contributed by atoms with Crippen molar-refractivity contribution in [2.75, 3.05) is 6.54 Å². The Morgan fingerprint density at radius 3 is 2.36 bits per heavy atom. The van der Waals surface area contributed by atoms with Crippen LogP contribution in [0, 0.1) is 17.2 Å². The third-order valence-electron chi connectivity index (χ3n) is 1.04. The quantitative estimate of drug-likeness (QED) is 0.574. The van der Waals surface area contributed by atoms with E-state index in [9.17, 15) is 0 Å². The van der Waals surface area contributed by atoms with E-state index in [2.05, 4.69) is 30.1 Å². The minimum Gasteiger partial charge on any atom is -0.196 e. The van der Waals surface area contributed by atoms with Gasteiger partial charge in [0.25, 0.3) is 0 Å². The second-order valence-corrected chi connectivity index (χ2v) is 3.49. The Labute approximate surface area is 68.1 Å². The Balaban J connectivity index is 3.85. The van der Waals surface area contributed by atoms with E-state index in [1.807, 2.05) is 0 Å². The zero-order valence-corrected chi connectivity index (χ0v) is 7.63. The molecule has 0 heterocycles. The molecule has 62 valence electrons. The van der Waals surface area contributed by atoms with Gasteiger partial charge in [0.15, 0.2) is 5.54 Å². The van der Waals surface area contributed by atoms with Gasteiger partial charge in [-0.3, -0.25) is 0 Å². The summed E-state index contributed by atoms with van der Waals surface area (Å²) in [6, 6.07) is 2.05. The number of nitrogens with zero attached hydrogens (tertiary/aromatic N) is 3. The summed E-state index contributed by atoms with van der Waals surface area (Å²) in [5.74, 6) is 0.508. The van der Waals surface area contributed by atoms with Crippen LogP contribution in [0.15, 0.2) is 10.2 Å². The van der Waals surface area contributed by atoms with Crippen LogP contribution in [0.4, 0.5) is 0 Å². The van der Waals surface area contributed by atoms with Crippen LogP contribution in [0.25, 0.3) is 0 Å². The molecule has 0 spiro atoms. The first-order chi connectivity index (χ1) is 4.98. The van der Waals surface area contributed by atoms with Crippen LogP contribution in [-0.4, -0.2) is 12.1 Å². The lowest BCUT2D eigenvalue weighted by molar-refractivity contribution is 0.572. The van der Waals surface area contributed by atoms with Crippen molar-refractivity contribution in [3.8, 4) is 6.07 Å². The predicted octanol–water partition coefficient (Wildman–Crippen LogP) is 2.40. The predicted molar refractivity (Wildman–Crippen MR) is 44.3 cm³/mol. The monoisotopic (exact) mass is 153 g/mol. The zero-order chi connectivity index (χ0) is 8.91. The highest BCUT2D eigenvalue weighted by atomic mass is 15.1. The van der Waals surface area contributed by atoms with Crippen LogP contribution in [0.1, 0.15) is 27.7 Å². The lowest BCUT2D eigenvalue weighted by Gasteiger charge is -2.05. The van der Waals surface area contributed by atoms with Crippen molar-refractivity contribution < 1.29 is 0 Å². The van der Waals surface area contributed by atoms with Gasteiger partial charge in [-0.25, -0.2) is 0 Å². The molecule has 0 aromatic heterocycles. The summed E-state index contributed by atoms with van der Waals surface area (Å²) in [4.78, 5) is 0. The minimum absolute atomic E-state index is 0.508. The van der Waals surface area contributed by atoms with Crippen molar-refractivity contribution in [3.05, 3.63) is 0 Å². The van der Waals surface area contributed by atoms with Gasteiger partial charge in [-0.2, -0.15) is 15.5 Å². The molecule has 0 amide bonds. The molecule has 0 unspecified atom stereocenters. The molecule has 0 fully saturated rings. The third-order valence-corrected chi connectivity index (χ3v) is 1.04. The number of hydrogen-bond donors (Lipinski definition) is 0. The van der Waals surface area contributed by atoms with E-state index in [0.717, 1.165) is 0 Å². The van der Waals surface area contributed by atoms with Gasteiger partial charge in [-0.1, -0.05) is 13.8 Å². The summed E-state index contributed by atoms with van der Waals surface area (Å²) in [6.45, 7) is 8.33. The van der Waals surface area contributed by atoms with Crippen molar-refractivity contribution in [2.45, 2.75) is 33.2 Å². The fourth-order valence-electron chi connectivity index (χ4n) is 0.403. The van der Waals surface area contributed by atoms with E-state index in [0.29, 0.717) is 12.5 Å². The SMILES string of the molecule is CC(C)C/N=N/C(C)(C)C#N. The Morgan fingerprint density at radius 2 is 2.00 bits per heavy atom. The Hall–Kier alpha value is -0.910. The molecule has 11 heavy (non-hydrogen) atoms. The molecule has 0 aliphatic heterocycles. The third kappa shape index (κ3) is 5.53. The molecule has 0 atom stereocenters. The van der Waals surface area contributed by atoms with E-state index < -0.39 is 5.54 Å². The van der Waals surface area contributed by atoms with Gasteiger partial charge in [0.1, 0.15) is 0 Å². The maximum absolute atomic E-state index is 8.56. The second-order valence-electron chi connectivity index (χ2n) is 3.49. The van der Waals surface area contributed by atoms with E-state index in [4.69, 9.17) is 5.26 Å². The molecule has 0 aliphatic carbocycles. The van der Waals surface area contributed by atoms with Gasteiger partial charge in [0.2, 0.25) is 0 Å². The van der Waals surface area contributed by atoms with Crippen LogP contribution in [0.3, 0.4) is 0 Å². The number of hydrogen-bond acceptors (Lipinski definition) is 3. The molecule has 0 saturated carbocycles. The van der Waals surface area contributed by atoms with Crippen molar-refractivity contribution in [2.24, 2.45) is 16.1 Å². The molecule has 0 aromatic rings. The lowest BCUT2D eigenvalue weighted by atomic mass is 10.1. The molecule has 0 saturated heterocycles. The number of rotatable bonds is 3. The number of nitriles is 1. The van der Waals surface area contributed by atoms with Gasteiger partial charge in [-0.05, 0) is 19.8 Å². The average molecular weight is 153 g/mol. The maximum atomic E-state index is 8.56. The fourth-order valence-corrected chi connectivity index (χ4v) is 0.403. The van der Waals surface area contributed by atoms with E-state index in [1.165, 1.54) is 0 Å². The molecule has 0 rings (SSSR count).